The average molecular weight is 611 g/mol. The molecule has 3 aromatic rings. The number of aliphatic hydroxyl groups excluding tert-OH is 1. The maximum absolute atomic E-state index is 12.9. The molecule has 234 valence electrons. The van der Waals surface area contributed by atoms with Gasteiger partial charge in [-0.25, -0.2) is 9.97 Å². The molecule has 2 saturated heterocycles. The van der Waals surface area contributed by atoms with Gasteiger partial charge >= 0.3 is 6.18 Å². The van der Waals surface area contributed by atoms with Gasteiger partial charge in [-0.15, -0.1) is 0 Å². The maximum atomic E-state index is 12.9. The number of nitrogens with zero attached hydrogens (tertiary/aromatic N) is 5. The molecule has 1 aliphatic carbocycles. The molecule has 0 spiro atoms. The Kier molecular flexibility index (Phi) is 9.59. The van der Waals surface area contributed by atoms with E-state index in [0.29, 0.717) is 12.4 Å². The van der Waals surface area contributed by atoms with E-state index >= 15 is 0 Å². The monoisotopic (exact) mass is 610 g/mol. The fourth-order valence-corrected chi connectivity index (χ4v) is 6.62. The Morgan fingerprint density at radius 1 is 0.977 bits per heavy atom. The third-order valence-electron chi connectivity index (χ3n) is 8.96. The minimum Gasteiger partial charge on any atom is -0.393 e. The first kappa shape index (κ1) is 31.5. The number of fused-ring (bicyclic) bond motifs is 1. The van der Waals surface area contributed by atoms with Gasteiger partial charge in [0.2, 0.25) is 5.91 Å². The molecule has 12 heteroatoms. The summed E-state index contributed by atoms with van der Waals surface area (Å²) in [6, 6.07) is 10.2. The Balaban J connectivity index is 0.000000266. The van der Waals surface area contributed by atoms with Crippen LogP contribution >= 0.6 is 0 Å². The number of aromatic nitrogens is 3. The minimum atomic E-state index is -4.53. The smallest absolute Gasteiger partial charge is 0.393 e. The number of hydrogen-bond donors (Lipinski definition) is 2. The summed E-state index contributed by atoms with van der Waals surface area (Å²) in [4.78, 5) is 41.7. The molecule has 2 aromatic heterocycles. The van der Waals surface area contributed by atoms with Crippen molar-refractivity contribution in [3.8, 4) is 11.4 Å². The van der Waals surface area contributed by atoms with E-state index in [9.17, 15) is 27.9 Å². The zero-order valence-electron chi connectivity index (χ0n) is 24.6. The van der Waals surface area contributed by atoms with Gasteiger partial charge in [0, 0.05) is 66.6 Å². The summed E-state index contributed by atoms with van der Waals surface area (Å²) in [5.74, 6) is -0.184. The quantitative estimate of drug-likeness (QED) is 0.442. The van der Waals surface area contributed by atoms with Crippen LogP contribution in [0.4, 0.5) is 13.2 Å². The highest BCUT2D eigenvalue weighted by Gasteiger charge is 2.50. The van der Waals surface area contributed by atoms with E-state index in [1.807, 2.05) is 17.0 Å². The SMILES string of the molecule is CC1(N2CCC3C2CCN3C(=O)CNC(=O)c2cccc(C(F)(F)F)c2)CCC(O)CC1.c1cnc(-c2cccnc2)nc1. The number of carbonyl (C=O) groups excluding carboxylic acids is 2. The lowest BCUT2D eigenvalue weighted by molar-refractivity contribution is -0.137. The van der Waals surface area contributed by atoms with Crippen molar-refractivity contribution in [3.63, 3.8) is 0 Å². The largest absolute Gasteiger partial charge is 0.416 e. The summed E-state index contributed by atoms with van der Waals surface area (Å²) in [7, 11) is 0. The average Bonchev–Trinajstić information content (AvgIpc) is 3.65. The van der Waals surface area contributed by atoms with Crippen LogP contribution in [0.5, 0.6) is 0 Å². The van der Waals surface area contributed by atoms with Crippen molar-refractivity contribution in [3.05, 3.63) is 78.4 Å². The van der Waals surface area contributed by atoms with E-state index in [-0.39, 0.29) is 41.7 Å². The highest BCUT2D eigenvalue weighted by atomic mass is 19.4. The minimum absolute atomic E-state index is 0.0371. The Hall–Kier alpha value is -3.90. The maximum Gasteiger partial charge on any atom is 0.416 e. The summed E-state index contributed by atoms with van der Waals surface area (Å²) in [6.45, 7) is 3.54. The van der Waals surface area contributed by atoms with Crippen LogP contribution in [0.25, 0.3) is 11.4 Å². The van der Waals surface area contributed by atoms with Gasteiger partial charge in [0.25, 0.3) is 5.91 Å². The molecule has 0 bridgehead atoms. The molecule has 9 nitrogen and oxygen atoms in total. The number of likely N-dealkylation sites (tertiary alicyclic amines) is 2. The summed E-state index contributed by atoms with van der Waals surface area (Å²) in [5, 5.41) is 12.3. The fourth-order valence-electron chi connectivity index (χ4n) is 6.62. The first-order valence-electron chi connectivity index (χ1n) is 14.9. The summed E-state index contributed by atoms with van der Waals surface area (Å²) in [5.41, 5.74) is -0.0341. The third-order valence-corrected chi connectivity index (χ3v) is 8.96. The zero-order chi connectivity index (χ0) is 31.3. The van der Waals surface area contributed by atoms with Crippen LogP contribution in [0.15, 0.2) is 67.3 Å². The van der Waals surface area contributed by atoms with Gasteiger partial charge in [0.1, 0.15) is 0 Å². The lowest BCUT2D eigenvalue weighted by Gasteiger charge is -2.46. The first-order chi connectivity index (χ1) is 21.0. The lowest BCUT2D eigenvalue weighted by atomic mass is 9.80. The van der Waals surface area contributed by atoms with Crippen molar-refractivity contribution < 1.29 is 27.9 Å². The highest BCUT2D eigenvalue weighted by molar-refractivity contribution is 5.96. The van der Waals surface area contributed by atoms with Crippen LogP contribution in [0.2, 0.25) is 0 Å². The molecule has 2 unspecified atom stereocenters. The van der Waals surface area contributed by atoms with Crippen molar-refractivity contribution in [1.82, 2.24) is 30.1 Å². The number of hydrogen-bond acceptors (Lipinski definition) is 7. The Morgan fingerprint density at radius 3 is 2.39 bits per heavy atom. The molecule has 2 atom stereocenters. The van der Waals surface area contributed by atoms with E-state index in [2.05, 4.69) is 32.1 Å². The van der Waals surface area contributed by atoms with Crippen LogP contribution in [0, 0.1) is 0 Å². The Morgan fingerprint density at radius 2 is 1.70 bits per heavy atom. The fraction of sp³-hybridized carbons (Fsp3) is 0.469. The van der Waals surface area contributed by atoms with Crippen LogP contribution in [-0.4, -0.2) is 85.0 Å². The highest BCUT2D eigenvalue weighted by Crippen LogP contribution is 2.42. The van der Waals surface area contributed by atoms with Crippen LogP contribution in [0.3, 0.4) is 0 Å². The van der Waals surface area contributed by atoms with Crippen molar-refractivity contribution in [2.75, 3.05) is 19.6 Å². The van der Waals surface area contributed by atoms with E-state index < -0.39 is 17.6 Å². The van der Waals surface area contributed by atoms with E-state index in [4.69, 9.17) is 0 Å². The molecule has 4 heterocycles. The summed E-state index contributed by atoms with van der Waals surface area (Å²) in [6.07, 6.45) is 7.39. The molecule has 2 amide bonds. The number of nitrogens with one attached hydrogen (secondary N) is 1. The number of amides is 2. The molecule has 6 rings (SSSR count). The molecule has 1 saturated carbocycles. The van der Waals surface area contributed by atoms with Crippen LogP contribution < -0.4 is 5.32 Å². The Labute approximate surface area is 254 Å². The van der Waals surface area contributed by atoms with Crippen molar-refractivity contribution in [2.45, 2.75) is 75.4 Å². The van der Waals surface area contributed by atoms with Crippen molar-refractivity contribution >= 4 is 11.8 Å². The predicted molar refractivity (Wildman–Crippen MR) is 157 cm³/mol. The molecule has 3 aliphatic rings. The van der Waals surface area contributed by atoms with E-state index in [0.717, 1.165) is 62.8 Å². The number of carbonyl (C=O) groups is 2. The molecule has 0 radical (unpaired) electrons. The van der Waals surface area contributed by atoms with E-state index in [1.165, 1.54) is 12.1 Å². The number of aliphatic hydroxyl groups is 1. The van der Waals surface area contributed by atoms with Crippen molar-refractivity contribution in [1.29, 1.82) is 0 Å². The standard InChI is InChI=1S/C23H30F3N3O3.C9H7N3/c1-22(9-5-17(30)6-10-22)29-12-8-18-19(29)7-11-28(18)20(31)14-27-21(32)15-3-2-4-16(13-15)23(24,25)26;1-3-8(7-10-4-1)9-11-5-2-6-12-9/h2-4,13,17-19,30H,5-12,14H2,1H3,(H,27,32);1-7H. The third kappa shape index (κ3) is 7.24. The molecule has 44 heavy (non-hydrogen) atoms. The summed E-state index contributed by atoms with van der Waals surface area (Å²) >= 11 is 0. The lowest BCUT2D eigenvalue weighted by Crippen LogP contribution is -2.53. The van der Waals surface area contributed by atoms with Crippen LogP contribution in [0.1, 0.15) is 61.4 Å². The molecular weight excluding hydrogens is 573 g/mol. The first-order valence-corrected chi connectivity index (χ1v) is 14.9. The molecule has 3 fully saturated rings. The summed E-state index contributed by atoms with van der Waals surface area (Å²) < 4.78 is 38.6. The zero-order valence-corrected chi connectivity index (χ0v) is 24.6. The number of halogens is 3. The number of alkyl halides is 3. The van der Waals surface area contributed by atoms with E-state index in [1.54, 1.807) is 30.9 Å². The number of pyridine rings is 1. The number of rotatable bonds is 5. The van der Waals surface area contributed by atoms with Gasteiger partial charge in [0.05, 0.1) is 18.2 Å². The Bertz CT molecular complexity index is 1380. The second kappa shape index (κ2) is 13.4. The molecule has 1 aromatic carbocycles. The predicted octanol–water partition coefficient (Wildman–Crippen LogP) is 4.34. The van der Waals surface area contributed by atoms with Gasteiger partial charge < -0.3 is 15.3 Å². The number of benzene rings is 1. The topological polar surface area (TPSA) is 112 Å². The van der Waals surface area contributed by atoms with Crippen LogP contribution in [-0.2, 0) is 11.0 Å². The molecule has 2 N–H and O–H groups in total. The second-order valence-electron chi connectivity index (χ2n) is 11.8. The van der Waals surface area contributed by atoms with Gasteiger partial charge in [-0.1, -0.05) is 6.07 Å². The van der Waals surface area contributed by atoms with Crippen molar-refractivity contribution in [2.24, 2.45) is 0 Å². The van der Waals surface area contributed by atoms with Gasteiger partial charge in [-0.05, 0) is 81.8 Å². The molecular formula is C32H37F3N6O3. The second-order valence-corrected chi connectivity index (χ2v) is 11.8. The van der Waals surface area contributed by atoms with Gasteiger partial charge in [-0.3, -0.25) is 19.5 Å². The normalized spacial score (nSPS) is 25.1. The molecule has 2 aliphatic heterocycles. The van der Waals surface area contributed by atoms with Gasteiger partial charge in [-0.2, -0.15) is 13.2 Å². The van der Waals surface area contributed by atoms with Gasteiger partial charge in [0.15, 0.2) is 5.82 Å².